The first-order chi connectivity index (χ1) is 13.6. The van der Waals surface area contributed by atoms with E-state index in [4.69, 9.17) is 4.99 Å². The van der Waals surface area contributed by atoms with Gasteiger partial charge in [0.2, 0.25) is 0 Å². The highest BCUT2D eigenvalue weighted by Gasteiger charge is 2.21. The summed E-state index contributed by atoms with van der Waals surface area (Å²) in [6.45, 7) is 6.57. The number of aliphatic imine (C=N–C) groups is 1. The molecule has 3 rings (SSSR count). The lowest BCUT2D eigenvalue weighted by molar-refractivity contribution is 0.370. The Bertz CT molecular complexity index is 805. The number of guanidine groups is 1. The topological polar surface area (TPSA) is 47.0 Å². The van der Waals surface area contributed by atoms with Gasteiger partial charge in [0.15, 0.2) is 5.96 Å². The molecule has 1 N–H and O–H groups in total. The third-order valence-corrected chi connectivity index (χ3v) is 4.80. The summed E-state index contributed by atoms with van der Waals surface area (Å²) in [4.78, 5) is 15.6. The van der Waals surface area contributed by atoms with E-state index in [-0.39, 0.29) is 29.8 Å². The number of para-hydroxylation sites is 1. The van der Waals surface area contributed by atoms with Crippen LogP contribution in [0, 0.1) is 5.82 Å². The molecule has 0 amide bonds. The van der Waals surface area contributed by atoms with Gasteiger partial charge in [0.25, 0.3) is 0 Å². The lowest BCUT2D eigenvalue weighted by atomic mass is 10.2. The number of hydrogen-bond donors (Lipinski definition) is 1. The smallest absolute Gasteiger partial charge is 0.194 e. The molecule has 0 bridgehead atoms. The van der Waals surface area contributed by atoms with Crippen molar-refractivity contribution in [3.05, 3.63) is 54.0 Å². The molecule has 1 aliphatic rings. The average Bonchev–Trinajstić information content (AvgIpc) is 2.72. The van der Waals surface area contributed by atoms with E-state index in [2.05, 4.69) is 33.1 Å². The highest BCUT2D eigenvalue weighted by atomic mass is 127. The van der Waals surface area contributed by atoms with Gasteiger partial charge in [0.1, 0.15) is 11.6 Å². The van der Waals surface area contributed by atoms with Crippen LogP contribution >= 0.6 is 24.0 Å². The lowest BCUT2D eigenvalue weighted by Gasteiger charge is -2.37. The van der Waals surface area contributed by atoms with Crippen molar-refractivity contribution in [2.24, 2.45) is 4.99 Å². The van der Waals surface area contributed by atoms with Gasteiger partial charge < -0.3 is 20.0 Å². The van der Waals surface area contributed by atoms with Crippen molar-refractivity contribution in [1.29, 1.82) is 0 Å². The fourth-order valence-electron chi connectivity index (χ4n) is 3.41. The Balaban J connectivity index is 0.00000300. The van der Waals surface area contributed by atoms with Crippen LogP contribution in [-0.4, -0.2) is 62.7 Å². The average molecular weight is 512 g/mol. The maximum atomic E-state index is 14.1. The standard InChI is InChI=1S/C21H29FN6.HI/c1-4-23-21(25-16-17-8-7-11-24-20(17)26(2)3)28-14-12-27(13-15-28)19-10-6-5-9-18(19)22;/h5-11H,4,12-16H2,1-3H3,(H,23,25);1H. The number of piperazine rings is 1. The van der Waals surface area contributed by atoms with Crippen LogP contribution in [0.2, 0.25) is 0 Å². The number of rotatable bonds is 5. The van der Waals surface area contributed by atoms with E-state index in [1.54, 1.807) is 12.3 Å². The Morgan fingerprint density at radius 1 is 1.14 bits per heavy atom. The number of nitrogens with zero attached hydrogens (tertiary/aromatic N) is 5. The number of anilines is 2. The van der Waals surface area contributed by atoms with Gasteiger partial charge in [-0.25, -0.2) is 14.4 Å². The summed E-state index contributed by atoms with van der Waals surface area (Å²) in [7, 11) is 3.98. The quantitative estimate of drug-likeness (QED) is 0.379. The van der Waals surface area contributed by atoms with Gasteiger partial charge in [-0.2, -0.15) is 0 Å². The van der Waals surface area contributed by atoms with Crippen molar-refractivity contribution in [2.45, 2.75) is 13.5 Å². The van der Waals surface area contributed by atoms with Gasteiger partial charge in [-0.1, -0.05) is 18.2 Å². The van der Waals surface area contributed by atoms with Gasteiger partial charge in [0, 0.05) is 58.6 Å². The van der Waals surface area contributed by atoms with Crippen LogP contribution in [0.3, 0.4) is 0 Å². The second-order valence-corrected chi connectivity index (χ2v) is 6.98. The van der Waals surface area contributed by atoms with Crippen molar-refractivity contribution in [3.63, 3.8) is 0 Å². The van der Waals surface area contributed by atoms with Crippen LogP contribution in [0.25, 0.3) is 0 Å². The zero-order chi connectivity index (χ0) is 19.9. The third-order valence-electron chi connectivity index (χ3n) is 4.80. The minimum absolute atomic E-state index is 0. The SMILES string of the molecule is CCNC(=NCc1cccnc1N(C)C)N1CCN(c2ccccc2F)CC1.I. The van der Waals surface area contributed by atoms with E-state index in [0.717, 1.165) is 50.1 Å². The van der Waals surface area contributed by atoms with E-state index >= 15 is 0 Å². The van der Waals surface area contributed by atoms with Crippen molar-refractivity contribution in [2.75, 3.05) is 56.6 Å². The van der Waals surface area contributed by atoms with Crippen molar-refractivity contribution >= 4 is 41.4 Å². The number of nitrogens with one attached hydrogen (secondary N) is 1. The van der Waals surface area contributed by atoms with E-state index in [0.29, 0.717) is 12.2 Å². The van der Waals surface area contributed by atoms with Crippen LogP contribution in [0.1, 0.15) is 12.5 Å². The summed E-state index contributed by atoms with van der Waals surface area (Å²) < 4.78 is 14.1. The highest BCUT2D eigenvalue weighted by Crippen LogP contribution is 2.20. The molecule has 1 saturated heterocycles. The van der Waals surface area contributed by atoms with Crippen molar-refractivity contribution in [3.8, 4) is 0 Å². The Morgan fingerprint density at radius 3 is 2.52 bits per heavy atom. The number of benzene rings is 1. The molecule has 158 valence electrons. The number of pyridine rings is 1. The molecule has 2 heterocycles. The molecule has 0 aliphatic carbocycles. The van der Waals surface area contributed by atoms with Gasteiger partial charge in [-0.3, -0.25) is 0 Å². The summed E-state index contributed by atoms with van der Waals surface area (Å²) in [5, 5.41) is 3.39. The molecular formula is C21H30FIN6. The zero-order valence-electron chi connectivity index (χ0n) is 17.3. The molecule has 0 radical (unpaired) electrons. The molecule has 8 heteroatoms. The molecule has 29 heavy (non-hydrogen) atoms. The predicted octanol–water partition coefficient (Wildman–Crippen LogP) is 3.19. The van der Waals surface area contributed by atoms with Gasteiger partial charge in [-0.15, -0.1) is 24.0 Å². The summed E-state index contributed by atoms with van der Waals surface area (Å²) >= 11 is 0. The maximum Gasteiger partial charge on any atom is 0.194 e. The first-order valence-electron chi connectivity index (χ1n) is 9.74. The number of hydrogen-bond acceptors (Lipinski definition) is 4. The largest absolute Gasteiger partial charge is 0.366 e. The third kappa shape index (κ3) is 5.94. The van der Waals surface area contributed by atoms with Crippen molar-refractivity contribution in [1.82, 2.24) is 15.2 Å². The van der Waals surface area contributed by atoms with Crippen LogP contribution in [-0.2, 0) is 6.54 Å². The predicted molar refractivity (Wildman–Crippen MR) is 129 cm³/mol. The Kier molecular flexibility index (Phi) is 8.94. The van der Waals surface area contributed by atoms with E-state index in [1.165, 1.54) is 6.07 Å². The van der Waals surface area contributed by atoms with Gasteiger partial charge in [-0.05, 0) is 25.1 Å². The second kappa shape index (κ2) is 11.2. The summed E-state index contributed by atoms with van der Waals surface area (Å²) in [5.74, 6) is 1.67. The van der Waals surface area contributed by atoms with Crippen LogP contribution in [0.15, 0.2) is 47.6 Å². The normalized spacial score (nSPS) is 14.4. The lowest BCUT2D eigenvalue weighted by Crippen LogP contribution is -2.52. The zero-order valence-corrected chi connectivity index (χ0v) is 19.6. The van der Waals surface area contributed by atoms with Crippen LogP contribution in [0.5, 0.6) is 0 Å². The molecule has 1 aromatic heterocycles. The minimum Gasteiger partial charge on any atom is -0.366 e. The van der Waals surface area contributed by atoms with Crippen molar-refractivity contribution < 1.29 is 4.39 Å². The molecule has 0 unspecified atom stereocenters. The molecule has 0 spiro atoms. The van der Waals surface area contributed by atoms with Crippen LogP contribution in [0.4, 0.5) is 15.9 Å². The fraction of sp³-hybridized carbons (Fsp3) is 0.429. The minimum atomic E-state index is -0.163. The molecule has 1 aromatic carbocycles. The molecule has 2 aromatic rings. The highest BCUT2D eigenvalue weighted by molar-refractivity contribution is 14.0. The second-order valence-electron chi connectivity index (χ2n) is 6.98. The molecule has 1 aliphatic heterocycles. The van der Waals surface area contributed by atoms with E-state index in [1.807, 2.05) is 37.2 Å². The van der Waals surface area contributed by atoms with Gasteiger partial charge >= 0.3 is 0 Å². The van der Waals surface area contributed by atoms with Crippen LogP contribution < -0.4 is 15.1 Å². The molecule has 0 saturated carbocycles. The summed E-state index contributed by atoms with van der Waals surface area (Å²) in [6.07, 6.45) is 1.80. The van der Waals surface area contributed by atoms with Gasteiger partial charge in [0.05, 0.1) is 12.2 Å². The maximum absolute atomic E-state index is 14.1. The fourth-order valence-corrected chi connectivity index (χ4v) is 3.41. The monoisotopic (exact) mass is 512 g/mol. The first kappa shape index (κ1) is 23.2. The summed E-state index contributed by atoms with van der Waals surface area (Å²) in [6, 6.07) is 11.0. The first-order valence-corrected chi connectivity index (χ1v) is 9.74. The Labute approximate surface area is 189 Å². The number of halogens is 2. The molecule has 1 fully saturated rings. The Morgan fingerprint density at radius 2 is 1.86 bits per heavy atom. The molecule has 0 atom stereocenters. The molecule has 6 nitrogen and oxygen atoms in total. The summed E-state index contributed by atoms with van der Waals surface area (Å²) in [5.41, 5.74) is 1.77. The number of aromatic nitrogens is 1. The van der Waals surface area contributed by atoms with E-state index in [9.17, 15) is 4.39 Å². The molecular weight excluding hydrogens is 482 g/mol. The Hall–Kier alpha value is -2.10. The van der Waals surface area contributed by atoms with E-state index < -0.39 is 0 Å².